The summed E-state index contributed by atoms with van der Waals surface area (Å²) in [5.74, 6) is 0.0223. The molecule has 21 heavy (non-hydrogen) atoms. The molecule has 0 aliphatic heterocycles. The molecule has 0 atom stereocenters. The number of benzene rings is 2. The average molecular weight is 301 g/mol. The summed E-state index contributed by atoms with van der Waals surface area (Å²) in [6, 6.07) is 10.7. The fraction of sp³-hybridized carbons (Fsp3) is 0.0714. The zero-order chi connectivity index (χ0) is 15.0. The summed E-state index contributed by atoms with van der Waals surface area (Å²) in [6.45, 7) is 0. The molecule has 0 aliphatic carbocycles. The van der Waals surface area contributed by atoms with Gasteiger partial charge in [-0.3, -0.25) is 0 Å². The van der Waals surface area contributed by atoms with Crippen LogP contribution in [0, 0.1) is 10.1 Å². The Bertz CT molecular complexity index is 845. The fourth-order valence-electron chi connectivity index (χ4n) is 2.10. The van der Waals surface area contributed by atoms with E-state index in [9.17, 15) is 15.2 Å². The minimum Gasteiger partial charge on any atom is -0.507 e. The number of phenolic OH excluding ortho intramolecular Hbond substituents is 1. The van der Waals surface area contributed by atoms with Crippen molar-refractivity contribution in [1.29, 1.82) is 0 Å². The third kappa shape index (κ3) is 2.31. The third-order valence-electron chi connectivity index (χ3n) is 3.11. The summed E-state index contributed by atoms with van der Waals surface area (Å²) in [7, 11) is 1.71. The van der Waals surface area contributed by atoms with Crippen LogP contribution in [-0.2, 0) is 7.05 Å². The molecule has 1 aromatic heterocycles. The van der Waals surface area contributed by atoms with E-state index in [0.29, 0.717) is 10.4 Å². The van der Waals surface area contributed by atoms with Crippen LogP contribution in [0.3, 0.4) is 0 Å². The number of nitrogens with zero attached hydrogens (tertiary/aromatic N) is 3. The molecular weight excluding hydrogens is 290 g/mol. The molecule has 7 heteroatoms. The van der Waals surface area contributed by atoms with E-state index >= 15 is 0 Å². The normalized spacial score (nSPS) is 10.9. The standard InChI is InChI=1S/C14H11N3O3S/c1-16-8-15-13(17(19)20)14(16)21-12-7-6-11(18)9-4-2-3-5-10(9)12/h2-8,18H,1H3. The van der Waals surface area contributed by atoms with Crippen LogP contribution in [0.15, 0.2) is 52.6 Å². The number of hydrogen-bond donors (Lipinski definition) is 1. The quantitative estimate of drug-likeness (QED) is 0.592. The first kappa shape index (κ1) is 13.4. The molecule has 3 rings (SSSR count). The van der Waals surface area contributed by atoms with Crippen molar-refractivity contribution in [3.05, 3.63) is 52.8 Å². The van der Waals surface area contributed by atoms with Gasteiger partial charge in [-0.25, -0.2) is 0 Å². The maximum absolute atomic E-state index is 11.0. The van der Waals surface area contributed by atoms with Gasteiger partial charge in [0.05, 0.1) is 0 Å². The molecule has 0 fully saturated rings. The molecule has 3 aromatic rings. The van der Waals surface area contributed by atoms with Gasteiger partial charge in [-0.1, -0.05) is 36.0 Å². The van der Waals surface area contributed by atoms with Crippen LogP contribution in [-0.4, -0.2) is 19.6 Å². The summed E-state index contributed by atoms with van der Waals surface area (Å²) in [6.07, 6.45) is 1.42. The molecule has 2 aromatic carbocycles. The lowest BCUT2D eigenvalue weighted by Crippen LogP contribution is -1.93. The Kier molecular flexibility index (Phi) is 3.26. The van der Waals surface area contributed by atoms with Crippen LogP contribution in [0.5, 0.6) is 5.75 Å². The molecule has 6 nitrogen and oxygen atoms in total. The molecule has 0 bridgehead atoms. The van der Waals surface area contributed by atoms with Crippen LogP contribution in [0.4, 0.5) is 5.82 Å². The van der Waals surface area contributed by atoms with Crippen molar-refractivity contribution in [3.63, 3.8) is 0 Å². The number of imidazole rings is 1. The van der Waals surface area contributed by atoms with Crippen molar-refractivity contribution >= 4 is 28.4 Å². The number of phenols is 1. The average Bonchev–Trinajstić information content (AvgIpc) is 2.84. The SMILES string of the molecule is Cn1cnc([N+](=O)[O-])c1Sc1ccc(O)c2ccccc12. The van der Waals surface area contributed by atoms with Gasteiger partial charge in [0.15, 0.2) is 5.03 Å². The Morgan fingerprint density at radius 2 is 1.95 bits per heavy atom. The molecule has 0 saturated heterocycles. The minimum absolute atomic E-state index is 0.167. The van der Waals surface area contributed by atoms with Crippen molar-refractivity contribution in [1.82, 2.24) is 9.55 Å². The van der Waals surface area contributed by atoms with Gasteiger partial charge in [0, 0.05) is 17.3 Å². The monoisotopic (exact) mass is 301 g/mol. The maximum atomic E-state index is 11.0. The van der Waals surface area contributed by atoms with E-state index in [4.69, 9.17) is 0 Å². The number of aromatic nitrogens is 2. The molecule has 0 saturated carbocycles. The van der Waals surface area contributed by atoms with Crippen LogP contribution in [0.1, 0.15) is 0 Å². The molecule has 0 radical (unpaired) electrons. The van der Waals surface area contributed by atoms with E-state index < -0.39 is 4.92 Å². The van der Waals surface area contributed by atoms with Crippen molar-refractivity contribution < 1.29 is 10.0 Å². The zero-order valence-electron chi connectivity index (χ0n) is 11.1. The van der Waals surface area contributed by atoms with Gasteiger partial charge in [-0.05, 0) is 27.4 Å². The highest BCUT2D eigenvalue weighted by molar-refractivity contribution is 7.99. The number of aromatic hydroxyl groups is 1. The smallest absolute Gasteiger partial charge is 0.396 e. The molecule has 106 valence electrons. The van der Waals surface area contributed by atoms with E-state index in [1.165, 1.54) is 18.1 Å². The number of aryl methyl sites for hydroxylation is 1. The highest BCUT2D eigenvalue weighted by atomic mass is 32.2. The highest BCUT2D eigenvalue weighted by Crippen LogP contribution is 2.39. The van der Waals surface area contributed by atoms with Gasteiger partial charge < -0.3 is 19.8 Å². The van der Waals surface area contributed by atoms with Gasteiger partial charge in [-0.15, -0.1) is 0 Å². The van der Waals surface area contributed by atoms with Crippen molar-refractivity contribution in [2.45, 2.75) is 9.92 Å². The summed E-state index contributed by atoms with van der Waals surface area (Å²) in [5, 5.41) is 22.9. The van der Waals surface area contributed by atoms with E-state index in [2.05, 4.69) is 4.98 Å². The van der Waals surface area contributed by atoms with Gasteiger partial charge in [0.25, 0.3) is 0 Å². The third-order valence-corrected chi connectivity index (χ3v) is 4.35. The molecular formula is C14H11N3O3S. The first-order chi connectivity index (χ1) is 10.1. The van der Waals surface area contributed by atoms with Gasteiger partial charge in [-0.2, -0.15) is 0 Å². The second-order valence-corrected chi connectivity index (χ2v) is 5.50. The Balaban J connectivity index is 2.13. The predicted molar refractivity (Wildman–Crippen MR) is 79.6 cm³/mol. The predicted octanol–water partition coefficient (Wildman–Crippen LogP) is 3.34. The molecule has 0 aliphatic rings. The van der Waals surface area contributed by atoms with E-state index in [1.807, 2.05) is 24.3 Å². The lowest BCUT2D eigenvalue weighted by molar-refractivity contribution is -0.392. The van der Waals surface area contributed by atoms with Crippen molar-refractivity contribution in [2.75, 3.05) is 0 Å². The van der Waals surface area contributed by atoms with Crippen molar-refractivity contribution in [3.8, 4) is 5.75 Å². The van der Waals surface area contributed by atoms with Crippen LogP contribution < -0.4 is 0 Å². The maximum Gasteiger partial charge on any atom is 0.396 e. The molecule has 0 spiro atoms. The first-order valence-electron chi connectivity index (χ1n) is 6.12. The number of fused-ring (bicyclic) bond motifs is 1. The van der Waals surface area contributed by atoms with E-state index in [-0.39, 0.29) is 11.6 Å². The molecule has 0 unspecified atom stereocenters. The van der Waals surface area contributed by atoms with Gasteiger partial charge >= 0.3 is 5.82 Å². The summed E-state index contributed by atoms with van der Waals surface area (Å²) in [4.78, 5) is 15.2. The largest absolute Gasteiger partial charge is 0.507 e. The van der Waals surface area contributed by atoms with E-state index in [1.54, 1.807) is 23.7 Å². The Hall–Kier alpha value is -2.54. The van der Waals surface area contributed by atoms with Crippen LogP contribution in [0.2, 0.25) is 0 Å². The van der Waals surface area contributed by atoms with Gasteiger partial charge in [0.1, 0.15) is 5.75 Å². The Labute approximate surface area is 124 Å². The van der Waals surface area contributed by atoms with E-state index in [0.717, 1.165) is 10.3 Å². The molecule has 1 heterocycles. The lowest BCUT2D eigenvalue weighted by atomic mass is 10.1. The topological polar surface area (TPSA) is 81.2 Å². The fourth-order valence-corrected chi connectivity index (χ4v) is 3.14. The van der Waals surface area contributed by atoms with Crippen LogP contribution in [0.25, 0.3) is 10.8 Å². The molecule has 0 amide bonds. The summed E-state index contributed by atoms with van der Waals surface area (Å²) < 4.78 is 1.62. The highest BCUT2D eigenvalue weighted by Gasteiger charge is 2.21. The Morgan fingerprint density at radius 3 is 2.67 bits per heavy atom. The lowest BCUT2D eigenvalue weighted by Gasteiger charge is -2.07. The Morgan fingerprint density at radius 1 is 1.24 bits per heavy atom. The second-order valence-electron chi connectivity index (χ2n) is 4.47. The number of rotatable bonds is 3. The number of hydrogen-bond acceptors (Lipinski definition) is 5. The zero-order valence-corrected chi connectivity index (χ0v) is 11.9. The second kappa shape index (κ2) is 5.10. The summed E-state index contributed by atoms with van der Waals surface area (Å²) >= 11 is 1.26. The van der Waals surface area contributed by atoms with Crippen molar-refractivity contribution in [2.24, 2.45) is 7.05 Å². The van der Waals surface area contributed by atoms with Gasteiger partial charge in [0.2, 0.25) is 6.33 Å². The number of nitro groups is 1. The summed E-state index contributed by atoms with van der Waals surface area (Å²) in [5.41, 5.74) is 0. The molecule has 1 N–H and O–H groups in total. The van der Waals surface area contributed by atoms with Crippen LogP contribution >= 0.6 is 11.8 Å². The minimum atomic E-state index is -0.495. The first-order valence-corrected chi connectivity index (χ1v) is 6.94.